The van der Waals surface area contributed by atoms with Gasteiger partial charge in [0.2, 0.25) is 0 Å². The van der Waals surface area contributed by atoms with E-state index in [1.165, 1.54) is 11.3 Å². The molecule has 0 aliphatic heterocycles. The van der Waals surface area contributed by atoms with E-state index in [0.29, 0.717) is 0 Å². The largest absolute Gasteiger partial charge is 0.377 e. The van der Waals surface area contributed by atoms with Crippen molar-refractivity contribution in [3.8, 4) is 0 Å². The van der Waals surface area contributed by atoms with Crippen LogP contribution in [-0.4, -0.2) is 14.1 Å². The third-order valence-electron chi connectivity index (χ3n) is 1.61. The van der Waals surface area contributed by atoms with Gasteiger partial charge in [0.15, 0.2) is 0 Å². The topological polar surface area (TPSA) is 3.24 Å². The van der Waals surface area contributed by atoms with Crippen molar-refractivity contribution < 1.29 is 0 Å². The molecular formula is C9H13NS. The summed E-state index contributed by atoms with van der Waals surface area (Å²) in [5, 5.41) is 0. The molecule has 0 atom stereocenters. The zero-order valence-corrected chi connectivity index (χ0v) is 8.02. The highest BCUT2D eigenvalue weighted by atomic mass is 32.1. The molecule has 0 fully saturated rings. The highest BCUT2D eigenvalue weighted by Crippen LogP contribution is 2.22. The minimum Gasteiger partial charge on any atom is -0.377 e. The maximum Gasteiger partial charge on any atom is 0.0496 e. The predicted octanol–water partition coefficient (Wildman–Crippen LogP) is 2.35. The molecule has 0 N–H and O–H groups in total. The smallest absolute Gasteiger partial charge is 0.0496 e. The van der Waals surface area contributed by atoms with E-state index < -0.39 is 0 Å². The SMILES string of the molecule is Cc1ccc(N(C)C)c(S)c1. The minimum atomic E-state index is 1.04. The molecule has 1 aromatic carbocycles. The first-order valence-corrected chi connectivity index (χ1v) is 4.03. The van der Waals surface area contributed by atoms with Crippen molar-refractivity contribution in [2.24, 2.45) is 0 Å². The summed E-state index contributed by atoms with van der Waals surface area (Å²) in [6.45, 7) is 2.07. The molecule has 1 aromatic rings. The second kappa shape index (κ2) is 3.18. The molecule has 0 aliphatic carbocycles. The van der Waals surface area contributed by atoms with Gasteiger partial charge in [0.25, 0.3) is 0 Å². The number of hydrogen-bond donors (Lipinski definition) is 1. The van der Waals surface area contributed by atoms with E-state index in [-0.39, 0.29) is 0 Å². The first kappa shape index (κ1) is 8.47. The molecule has 1 nitrogen and oxygen atoms in total. The van der Waals surface area contributed by atoms with Gasteiger partial charge >= 0.3 is 0 Å². The van der Waals surface area contributed by atoms with Crippen molar-refractivity contribution in [1.82, 2.24) is 0 Å². The van der Waals surface area contributed by atoms with Gasteiger partial charge in [-0.3, -0.25) is 0 Å². The van der Waals surface area contributed by atoms with Crippen LogP contribution in [0.4, 0.5) is 5.69 Å². The Kier molecular flexibility index (Phi) is 2.45. The van der Waals surface area contributed by atoms with Gasteiger partial charge in [-0.05, 0) is 24.6 Å². The van der Waals surface area contributed by atoms with E-state index in [0.717, 1.165) is 4.90 Å². The molecule has 0 unspecified atom stereocenters. The lowest BCUT2D eigenvalue weighted by atomic mass is 10.2. The van der Waals surface area contributed by atoms with Crippen molar-refractivity contribution in [1.29, 1.82) is 0 Å². The fourth-order valence-corrected chi connectivity index (χ4v) is 1.49. The molecular weight excluding hydrogens is 154 g/mol. The molecule has 0 saturated carbocycles. The Labute approximate surface area is 73.4 Å². The maximum atomic E-state index is 4.37. The van der Waals surface area contributed by atoms with Crippen molar-refractivity contribution in [3.05, 3.63) is 23.8 Å². The Morgan fingerprint density at radius 1 is 1.27 bits per heavy atom. The number of anilines is 1. The van der Waals surface area contributed by atoms with Crippen molar-refractivity contribution >= 4 is 18.3 Å². The monoisotopic (exact) mass is 167 g/mol. The highest BCUT2D eigenvalue weighted by molar-refractivity contribution is 7.80. The molecule has 2 heteroatoms. The maximum absolute atomic E-state index is 4.37. The summed E-state index contributed by atoms with van der Waals surface area (Å²) in [7, 11) is 4.04. The summed E-state index contributed by atoms with van der Waals surface area (Å²) in [5.41, 5.74) is 2.42. The van der Waals surface area contributed by atoms with Gasteiger partial charge in [-0.2, -0.15) is 0 Å². The zero-order valence-electron chi connectivity index (χ0n) is 7.13. The number of nitrogens with zero attached hydrogens (tertiary/aromatic N) is 1. The molecule has 60 valence electrons. The lowest BCUT2D eigenvalue weighted by molar-refractivity contribution is 1.10. The second-order valence-electron chi connectivity index (χ2n) is 2.89. The average molecular weight is 167 g/mol. The van der Waals surface area contributed by atoms with Gasteiger partial charge in [-0.25, -0.2) is 0 Å². The summed E-state index contributed by atoms with van der Waals surface area (Å²) >= 11 is 4.37. The van der Waals surface area contributed by atoms with Gasteiger partial charge in [-0.15, -0.1) is 12.6 Å². The molecule has 0 heterocycles. The fraction of sp³-hybridized carbons (Fsp3) is 0.333. The Bertz CT molecular complexity index is 256. The zero-order chi connectivity index (χ0) is 8.43. The molecule has 0 spiro atoms. The normalized spacial score (nSPS) is 9.82. The number of benzene rings is 1. The van der Waals surface area contributed by atoms with Crippen molar-refractivity contribution in [2.75, 3.05) is 19.0 Å². The van der Waals surface area contributed by atoms with E-state index in [1.54, 1.807) is 0 Å². The van der Waals surface area contributed by atoms with Crippen LogP contribution in [0.1, 0.15) is 5.56 Å². The van der Waals surface area contributed by atoms with Crippen molar-refractivity contribution in [2.45, 2.75) is 11.8 Å². The molecule has 11 heavy (non-hydrogen) atoms. The number of hydrogen-bond acceptors (Lipinski definition) is 2. The highest BCUT2D eigenvalue weighted by Gasteiger charge is 1.99. The van der Waals surface area contributed by atoms with Crippen LogP contribution in [0.15, 0.2) is 23.1 Å². The van der Waals surface area contributed by atoms with Crippen LogP contribution in [0.3, 0.4) is 0 Å². The Morgan fingerprint density at radius 3 is 2.36 bits per heavy atom. The van der Waals surface area contributed by atoms with E-state index in [4.69, 9.17) is 0 Å². The van der Waals surface area contributed by atoms with Gasteiger partial charge in [0.05, 0.1) is 0 Å². The van der Waals surface area contributed by atoms with Gasteiger partial charge in [-0.1, -0.05) is 6.07 Å². The standard InChI is InChI=1S/C9H13NS/c1-7-4-5-8(10(2)3)9(11)6-7/h4-6,11H,1-3H3. The lowest BCUT2D eigenvalue weighted by Gasteiger charge is -2.14. The Balaban J connectivity index is 3.09. The van der Waals surface area contributed by atoms with Crippen LogP contribution < -0.4 is 4.90 Å². The van der Waals surface area contributed by atoms with Crippen LogP contribution in [0.25, 0.3) is 0 Å². The predicted molar refractivity (Wildman–Crippen MR) is 52.8 cm³/mol. The van der Waals surface area contributed by atoms with E-state index in [9.17, 15) is 0 Å². The summed E-state index contributed by atoms with van der Waals surface area (Å²) in [6, 6.07) is 6.24. The Hall–Kier alpha value is -0.630. The Morgan fingerprint density at radius 2 is 1.91 bits per heavy atom. The summed E-state index contributed by atoms with van der Waals surface area (Å²) in [5.74, 6) is 0. The molecule has 0 radical (unpaired) electrons. The van der Waals surface area contributed by atoms with Crippen molar-refractivity contribution in [3.63, 3.8) is 0 Å². The first-order chi connectivity index (χ1) is 5.11. The van der Waals surface area contributed by atoms with E-state index in [1.807, 2.05) is 14.1 Å². The fourth-order valence-electron chi connectivity index (χ4n) is 1.01. The summed E-state index contributed by atoms with van der Waals surface area (Å²) < 4.78 is 0. The van der Waals surface area contributed by atoms with Crippen LogP contribution >= 0.6 is 12.6 Å². The van der Waals surface area contributed by atoms with Gasteiger partial charge in [0.1, 0.15) is 0 Å². The third-order valence-corrected chi connectivity index (χ3v) is 1.97. The first-order valence-electron chi connectivity index (χ1n) is 3.58. The molecule has 0 aromatic heterocycles. The molecule has 0 saturated heterocycles. The van der Waals surface area contributed by atoms with Crippen LogP contribution in [0.2, 0.25) is 0 Å². The number of aryl methyl sites for hydroxylation is 1. The van der Waals surface area contributed by atoms with E-state index in [2.05, 4.69) is 42.7 Å². The summed E-state index contributed by atoms with van der Waals surface area (Å²) in [6.07, 6.45) is 0. The lowest BCUT2D eigenvalue weighted by Crippen LogP contribution is -2.09. The number of rotatable bonds is 1. The summed E-state index contributed by atoms with van der Waals surface area (Å²) in [4.78, 5) is 3.09. The quantitative estimate of drug-likeness (QED) is 0.628. The third kappa shape index (κ3) is 1.90. The van der Waals surface area contributed by atoms with Crippen LogP contribution in [0.5, 0.6) is 0 Å². The number of thiol groups is 1. The molecule has 1 rings (SSSR count). The van der Waals surface area contributed by atoms with Crippen LogP contribution in [0, 0.1) is 6.92 Å². The average Bonchev–Trinajstić information content (AvgIpc) is 1.85. The molecule has 0 amide bonds. The molecule has 0 aliphatic rings. The van der Waals surface area contributed by atoms with Gasteiger partial charge in [0, 0.05) is 24.7 Å². The van der Waals surface area contributed by atoms with Gasteiger partial charge < -0.3 is 4.90 Å². The van der Waals surface area contributed by atoms with E-state index >= 15 is 0 Å². The second-order valence-corrected chi connectivity index (χ2v) is 3.37. The molecule has 0 bridgehead atoms. The minimum absolute atomic E-state index is 1.04. The van der Waals surface area contributed by atoms with Crippen LogP contribution in [-0.2, 0) is 0 Å².